The van der Waals surface area contributed by atoms with E-state index in [0.29, 0.717) is 17.9 Å². The SMILES string of the molecule is CCN(C(=O)Cc1ccc(NC(=O)C2CC(=O)Nc3ccccc32)cc1)c1ccccc1. The first-order valence-electron chi connectivity index (χ1n) is 10.7. The van der Waals surface area contributed by atoms with Gasteiger partial charge in [0.05, 0.1) is 12.3 Å². The molecule has 1 aliphatic heterocycles. The Balaban J connectivity index is 1.41. The summed E-state index contributed by atoms with van der Waals surface area (Å²) in [5, 5.41) is 5.70. The molecule has 0 aromatic heterocycles. The number of rotatable bonds is 6. The van der Waals surface area contributed by atoms with Crippen LogP contribution < -0.4 is 15.5 Å². The number of nitrogens with zero attached hydrogens (tertiary/aromatic N) is 1. The molecular formula is C26H25N3O3. The van der Waals surface area contributed by atoms with Crippen LogP contribution in [0, 0.1) is 0 Å². The number of hydrogen-bond donors (Lipinski definition) is 2. The number of anilines is 3. The number of fused-ring (bicyclic) bond motifs is 1. The summed E-state index contributed by atoms with van der Waals surface area (Å²) in [6.07, 6.45) is 0.384. The van der Waals surface area contributed by atoms with Gasteiger partial charge in [0.2, 0.25) is 17.7 Å². The quantitative estimate of drug-likeness (QED) is 0.614. The maximum Gasteiger partial charge on any atom is 0.232 e. The molecule has 0 saturated carbocycles. The molecule has 0 saturated heterocycles. The van der Waals surface area contributed by atoms with E-state index in [0.717, 1.165) is 16.8 Å². The molecule has 0 radical (unpaired) electrons. The van der Waals surface area contributed by atoms with Crippen LogP contribution in [0.3, 0.4) is 0 Å². The average molecular weight is 428 g/mol. The van der Waals surface area contributed by atoms with Gasteiger partial charge in [-0.25, -0.2) is 0 Å². The van der Waals surface area contributed by atoms with Crippen LogP contribution in [0.25, 0.3) is 0 Å². The summed E-state index contributed by atoms with van der Waals surface area (Å²) in [6, 6.07) is 24.2. The van der Waals surface area contributed by atoms with Gasteiger partial charge in [0.15, 0.2) is 0 Å². The van der Waals surface area contributed by atoms with Crippen molar-refractivity contribution in [3.05, 3.63) is 90.0 Å². The predicted octanol–water partition coefficient (Wildman–Crippen LogP) is 4.35. The lowest BCUT2D eigenvalue weighted by Crippen LogP contribution is -2.32. The van der Waals surface area contributed by atoms with Crippen molar-refractivity contribution >= 4 is 34.8 Å². The van der Waals surface area contributed by atoms with Gasteiger partial charge in [0.25, 0.3) is 0 Å². The first-order chi connectivity index (χ1) is 15.5. The van der Waals surface area contributed by atoms with Crippen molar-refractivity contribution in [3.63, 3.8) is 0 Å². The molecule has 3 amide bonds. The first-order valence-corrected chi connectivity index (χ1v) is 10.7. The Morgan fingerprint density at radius 3 is 2.38 bits per heavy atom. The van der Waals surface area contributed by atoms with Gasteiger partial charge in [-0.2, -0.15) is 0 Å². The number of amides is 3. The van der Waals surface area contributed by atoms with Crippen molar-refractivity contribution in [1.29, 1.82) is 0 Å². The highest BCUT2D eigenvalue weighted by atomic mass is 16.2. The topological polar surface area (TPSA) is 78.5 Å². The summed E-state index contributed by atoms with van der Waals surface area (Å²) >= 11 is 0. The van der Waals surface area contributed by atoms with Crippen molar-refractivity contribution in [3.8, 4) is 0 Å². The normalized spacial score (nSPS) is 14.8. The summed E-state index contributed by atoms with van der Waals surface area (Å²) in [4.78, 5) is 39.4. The Bertz CT molecular complexity index is 1130. The smallest absolute Gasteiger partial charge is 0.232 e. The number of hydrogen-bond acceptors (Lipinski definition) is 3. The third kappa shape index (κ3) is 4.70. The van der Waals surface area contributed by atoms with Gasteiger partial charge in [0.1, 0.15) is 0 Å². The number of carbonyl (C=O) groups is 3. The monoisotopic (exact) mass is 427 g/mol. The summed E-state index contributed by atoms with van der Waals surface area (Å²) in [5.74, 6) is -0.917. The van der Waals surface area contributed by atoms with Crippen molar-refractivity contribution in [2.75, 3.05) is 22.1 Å². The van der Waals surface area contributed by atoms with Crippen LogP contribution in [0.1, 0.15) is 30.4 Å². The average Bonchev–Trinajstić information content (AvgIpc) is 2.81. The van der Waals surface area contributed by atoms with E-state index in [1.54, 1.807) is 23.1 Å². The Morgan fingerprint density at radius 1 is 0.969 bits per heavy atom. The maximum atomic E-state index is 12.9. The predicted molar refractivity (Wildman–Crippen MR) is 126 cm³/mol. The van der Waals surface area contributed by atoms with Crippen LogP contribution in [0.5, 0.6) is 0 Å². The molecule has 32 heavy (non-hydrogen) atoms. The van der Waals surface area contributed by atoms with Crippen molar-refractivity contribution in [1.82, 2.24) is 0 Å². The molecule has 1 heterocycles. The summed E-state index contributed by atoms with van der Waals surface area (Å²) in [5.41, 5.74) is 3.86. The Labute approximate surface area is 187 Å². The highest BCUT2D eigenvalue weighted by Gasteiger charge is 2.30. The number of benzene rings is 3. The molecule has 0 spiro atoms. The third-order valence-electron chi connectivity index (χ3n) is 5.58. The Kier molecular flexibility index (Phi) is 6.31. The molecule has 0 fully saturated rings. The second-order valence-corrected chi connectivity index (χ2v) is 7.73. The number of para-hydroxylation sites is 2. The van der Waals surface area contributed by atoms with Gasteiger partial charge in [-0.15, -0.1) is 0 Å². The molecule has 1 aliphatic rings. The van der Waals surface area contributed by atoms with E-state index in [1.807, 2.05) is 67.6 Å². The molecule has 3 aromatic rings. The molecular weight excluding hydrogens is 402 g/mol. The molecule has 0 aliphatic carbocycles. The van der Waals surface area contributed by atoms with Gasteiger partial charge in [-0.1, -0.05) is 48.5 Å². The molecule has 1 atom stereocenters. The van der Waals surface area contributed by atoms with E-state index in [2.05, 4.69) is 10.6 Å². The van der Waals surface area contributed by atoms with Gasteiger partial charge in [-0.3, -0.25) is 14.4 Å². The van der Waals surface area contributed by atoms with E-state index in [9.17, 15) is 14.4 Å². The van der Waals surface area contributed by atoms with E-state index in [-0.39, 0.29) is 30.6 Å². The summed E-state index contributed by atoms with van der Waals surface area (Å²) < 4.78 is 0. The van der Waals surface area contributed by atoms with Crippen molar-refractivity contribution < 1.29 is 14.4 Å². The van der Waals surface area contributed by atoms with Crippen molar-refractivity contribution in [2.45, 2.75) is 25.7 Å². The van der Waals surface area contributed by atoms with Crippen LogP contribution in [0.4, 0.5) is 17.1 Å². The van der Waals surface area contributed by atoms with Crippen molar-refractivity contribution in [2.24, 2.45) is 0 Å². The van der Waals surface area contributed by atoms with Gasteiger partial charge < -0.3 is 15.5 Å². The van der Waals surface area contributed by atoms with Crippen LogP contribution in [-0.2, 0) is 20.8 Å². The van der Waals surface area contributed by atoms with E-state index in [4.69, 9.17) is 0 Å². The number of carbonyl (C=O) groups excluding carboxylic acids is 3. The highest BCUT2D eigenvalue weighted by Crippen LogP contribution is 2.32. The molecule has 162 valence electrons. The third-order valence-corrected chi connectivity index (χ3v) is 5.58. The van der Waals surface area contributed by atoms with Gasteiger partial charge >= 0.3 is 0 Å². The minimum Gasteiger partial charge on any atom is -0.326 e. The van der Waals surface area contributed by atoms with Crippen LogP contribution >= 0.6 is 0 Å². The van der Waals surface area contributed by atoms with Crippen LogP contribution in [0.2, 0.25) is 0 Å². The second kappa shape index (κ2) is 9.47. The molecule has 6 nitrogen and oxygen atoms in total. The van der Waals surface area contributed by atoms with Crippen LogP contribution in [0.15, 0.2) is 78.9 Å². The zero-order chi connectivity index (χ0) is 22.5. The van der Waals surface area contributed by atoms with E-state index >= 15 is 0 Å². The van der Waals surface area contributed by atoms with Gasteiger partial charge in [-0.05, 0) is 48.4 Å². The van der Waals surface area contributed by atoms with E-state index in [1.165, 1.54) is 0 Å². The standard InChI is InChI=1S/C26H25N3O3/c1-2-29(20-8-4-3-5-9-20)25(31)16-18-12-14-19(15-13-18)27-26(32)22-17-24(30)28-23-11-7-6-10-21(22)23/h3-15,22H,2,16-17H2,1H3,(H,27,32)(H,28,30). The summed E-state index contributed by atoms with van der Waals surface area (Å²) in [7, 11) is 0. The largest absolute Gasteiger partial charge is 0.326 e. The molecule has 2 N–H and O–H groups in total. The molecule has 6 heteroatoms. The van der Waals surface area contributed by atoms with E-state index < -0.39 is 5.92 Å². The Hall–Kier alpha value is -3.93. The molecule has 4 rings (SSSR count). The minimum atomic E-state index is -0.537. The molecule has 1 unspecified atom stereocenters. The lowest BCUT2D eigenvalue weighted by atomic mass is 9.90. The maximum absolute atomic E-state index is 12.9. The summed E-state index contributed by atoms with van der Waals surface area (Å²) in [6.45, 7) is 2.54. The fourth-order valence-corrected chi connectivity index (χ4v) is 3.96. The first kappa shape index (κ1) is 21.3. The van der Waals surface area contributed by atoms with Crippen LogP contribution in [-0.4, -0.2) is 24.3 Å². The molecule has 0 bridgehead atoms. The highest BCUT2D eigenvalue weighted by molar-refractivity contribution is 6.05. The lowest BCUT2D eigenvalue weighted by Gasteiger charge is -2.24. The van der Waals surface area contributed by atoms with Gasteiger partial charge in [0, 0.05) is 30.0 Å². The zero-order valence-corrected chi connectivity index (χ0v) is 17.9. The minimum absolute atomic E-state index is 0.0142. The second-order valence-electron chi connectivity index (χ2n) is 7.73. The lowest BCUT2D eigenvalue weighted by molar-refractivity contribution is -0.123. The fourth-order valence-electron chi connectivity index (χ4n) is 3.96. The molecule has 3 aromatic carbocycles. The Morgan fingerprint density at radius 2 is 1.66 bits per heavy atom. The number of nitrogens with one attached hydrogen (secondary N) is 2. The number of likely N-dealkylation sites (N-methyl/N-ethyl adjacent to an activating group) is 1. The fraction of sp³-hybridized carbons (Fsp3) is 0.192. The zero-order valence-electron chi connectivity index (χ0n) is 17.9.